The molecule has 1 fully saturated rings. The quantitative estimate of drug-likeness (QED) is 0.511. The van der Waals surface area contributed by atoms with E-state index in [9.17, 15) is 9.59 Å². The largest absolute Gasteiger partial charge is 0.466 e. The molecule has 3 nitrogen and oxygen atoms in total. The number of carbonyl (C=O) groups is 2. The molecule has 0 saturated heterocycles. The standard InChI is InChI=1S/C11H16O3/c1-3-5-8-9(6-7-10(8)12)11(13)14-4-2/h5,9H,3-4,6-7H2,1-2H3/b8-5+. The summed E-state index contributed by atoms with van der Waals surface area (Å²) < 4.78 is 4.92. The molecular weight excluding hydrogens is 180 g/mol. The van der Waals surface area contributed by atoms with E-state index in [1.807, 2.05) is 13.0 Å². The van der Waals surface area contributed by atoms with Gasteiger partial charge in [0.05, 0.1) is 12.5 Å². The maximum Gasteiger partial charge on any atom is 0.313 e. The van der Waals surface area contributed by atoms with Crippen LogP contribution in [0.2, 0.25) is 0 Å². The molecule has 0 N–H and O–H groups in total. The normalized spacial score (nSPS) is 24.3. The fraction of sp³-hybridized carbons (Fsp3) is 0.636. The van der Waals surface area contributed by atoms with Crippen molar-refractivity contribution >= 4 is 11.8 Å². The number of esters is 1. The van der Waals surface area contributed by atoms with Crippen LogP contribution in [0.25, 0.3) is 0 Å². The molecule has 1 rings (SSSR count). The van der Waals surface area contributed by atoms with Crippen LogP contribution in [0.15, 0.2) is 11.6 Å². The third-order valence-corrected chi connectivity index (χ3v) is 2.35. The van der Waals surface area contributed by atoms with Gasteiger partial charge in [0, 0.05) is 12.0 Å². The topological polar surface area (TPSA) is 43.4 Å². The molecule has 0 aromatic rings. The molecule has 1 aliphatic carbocycles. The Morgan fingerprint density at radius 2 is 2.29 bits per heavy atom. The number of Topliss-reactive ketones (excluding diaryl/α,β-unsaturated/α-hetero) is 1. The lowest BCUT2D eigenvalue weighted by Crippen LogP contribution is -2.17. The number of carbonyl (C=O) groups excluding carboxylic acids is 2. The lowest BCUT2D eigenvalue weighted by Gasteiger charge is -2.09. The molecule has 1 unspecified atom stereocenters. The van der Waals surface area contributed by atoms with Crippen LogP contribution in [0.3, 0.4) is 0 Å². The highest BCUT2D eigenvalue weighted by Gasteiger charge is 2.34. The Labute approximate surface area is 84.1 Å². The third kappa shape index (κ3) is 2.22. The summed E-state index contributed by atoms with van der Waals surface area (Å²) in [6, 6.07) is 0. The van der Waals surface area contributed by atoms with Gasteiger partial charge in [-0.3, -0.25) is 9.59 Å². The molecule has 1 aliphatic rings. The van der Waals surface area contributed by atoms with Crippen LogP contribution in [0, 0.1) is 5.92 Å². The second-order valence-electron chi connectivity index (χ2n) is 3.33. The fourth-order valence-corrected chi connectivity index (χ4v) is 1.73. The van der Waals surface area contributed by atoms with Crippen LogP contribution in [0.1, 0.15) is 33.1 Å². The van der Waals surface area contributed by atoms with E-state index in [0.717, 1.165) is 6.42 Å². The summed E-state index contributed by atoms with van der Waals surface area (Å²) >= 11 is 0. The van der Waals surface area contributed by atoms with E-state index < -0.39 is 0 Å². The first kappa shape index (κ1) is 11.0. The van der Waals surface area contributed by atoms with Gasteiger partial charge in [-0.2, -0.15) is 0 Å². The lowest BCUT2D eigenvalue weighted by atomic mass is 10.0. The SMILES string of the molecule is CC/C=C1/C(=O)CCC1C(=O)OCC. The van der Waals surface area contributed by atoms with Crippen molar-refractivity contribution in [3.8, 4) is 0 Å². The predicted molar refractivity (Wildman–Crippen MR) is 52.7 cm³/mol. The Morgan fingerprint density at radius 3 is 2.86 bits per heavy atom. The zero-order valence-electron chi connectivity index (χ0n) is 8.71. The Bertz CT molecular complexity index is 266. The van der Waals surface area contributed by atoms with Gasteiger partial charge in [-0.15, -0.1) is 0 Å². The van der Waals surface area contributed by atoms with Crippen LogP contribution in [0.4, 0.5) is 0 Å². The number of hydrogen-bond donors (Lipinski definition) is 0. The van der Waals surface area contributed by atoms with E-state index in [4.69, 9.17) is 4.74 Å². The van der Waals surface area contributed by atoms with Gasteiger partial charge in [-0.25, -0.2) is 0 Å². The van der Waals surface area contributed by atoms with Crippen molar-refractivity contribution in [2.24, 2.45) is 5.92 Å². The summed E-state index contributed by atoms with van der Waals surface area (Å²) in [5.41, 5.74) is 0.658. The molecule has 78 valence electrons. The number of rotatable bonds is 3. The van der Waals surface area contributed by atoms with Crippen molar-refractivity contribution in [1.82, 2.24) is 0 Å². The van der Waals surface area contributed by atoms with Crippen molar-refractivity contribution in [3.05, 3.63) is 11.6 Å². The smallest absolute Gasteiger partial charge is 0.313 e. The van der Waals surface area contributed by atoms with E-state index in [0.29, 0.717) is 25.0 Å². The average molecular weight is 196 g/mol. The first-order valence-corrected chi connectivity index (χ1v) is 5.10. The molecule has 1 saturated carbocycles. The molecule has 0 aromatic heterocycles. The van der Waals surface area contributed by atoms with Crippen LogP contribution < -0.4 is 0 Å². The van der Waals surface area contributed by atoms with Gasteiger partial charge >= 0.3 is 5.97 Å². The van der Waals surface area contributed by atoms with Crippen molar-refractivity contribution in [1.29, 1.82) is 0 Å². The maximum absolute atomic E-state index is 11.5. The van der Waals surface area contributed by atoms with E-state index in [1.165, 1.54) is 0 Å². The molecule has 0 radical (unpaired) electrons. The Balaban J connectivity index is 2.74. The minimum Gasteiger partial charge on any atom is -0.466 e. The zero-order valence-corrected chi connectivity index (χ0v) is 8.71. The Kier molecular flexibility index (Phi) is 3.86. The Morgan fingerprint density at radius 1 is 1.57 bits per heavy atom. The van der Waals surface area contributed by atoms with E-state index in [1.54, 1.807) is 6.92 Å². The maximum atomic E-state index is 11.5. The number of hydrogen-bond acceptors (Lipinski definition) is 3. The molecule has 0 aliphatic heterocycles. The highest BCUT2D eigenvalue weighted by molar-refractivity contribution is 6.03. The molecule has 0 bridgehead atoms. The predicted octanol–water partition coefficient (Wildman–Crippen LogP) is 1.86. The van der Waals surface area contributed by atoms with Crippen LogP contribution >= 0.6 is 0 Å². The van der Waals surface area contributed by atoms with Gasteiger partial charge in [0.15, 0.2) is 5.78 Å². The second kappa shape index (κ2) is 4.94. The molecule has 0 heterocycles. The Hall–Kier alpha value is -1.12. The molecular formula is C11H16O3. The van der Waals surface area contributed by atoms with Crippen molar-refractivity contribution in [2.45, 2.75) is 33.1 Å². The van der Waals surface area contributed by atoms with E-state index >= 15 is 0 Å². The lowest BCUT2D eigenvalue weighted by molar-refractivity contribution is -0.146. The molecule has 0 aromatic carbocycles. The van der Waals surface area contributed by atoms with Crippen LogP contribution in [0.5, 0.6) is 0 Å². The summed E-state index contributed by atoms with van der Waals surface area (Å²) in [5.74, 6) is -0.453. The third-order valence-electron chi connectivity index (χ3n) is 2.35. The molecule has 0 spiro atoms. The monoisotopic (exact) mass is 196 g/mol. The summed E-state index contributed by atoms with van der Waals surface area (Å²) in [5, 5.41) is 0. The van der Waals surface area contributed by atoms with Gasteiger partial charge in [0.25, 0.3) is 0 Å². The summed E-state index contributed by atoms with van der Waals surface area (Å²) in [4.78, 5) is 22.9. The zero-order chi connectivity index (χ0) is 10.6. The summed E-state index contributed by atoms with van der Waals surface area (Å²) in [6.45, 7) is 4.11. The molecule has 3 heteroatoms. The molecule has 0 amide bonds. The second-order valence-corrected chi connectivity index (χ2v) is 3.33. The number of ether oxygens (including phenoxy) is 1. The van der Waals surface area contributed by atoms with E-state index in [-0.39, 0.29) is 17.7 Å². The highest BCUT2D eigenvalue weighted by atomic mass is 16.5. The first-order valence-electron chi connectivity index (χ1n) is 5.10. The minimum atomic E-state index is -0.303. The molecule has 1 atom stereocenters. The number of ketones is 1. The van der Waals surface area contributed by atoms with Gasteiger partial charge in [-0.05, 0) is 19.8 Å². The average Bonchev–Trinajstić information content (AvgIpc) is 2.50. The van der Waals surface area contributed by atoms with Gasteiger partial charge in [0.1, 0.15) is 0 Å². The summed E-state index contributed by atoms with van der Waals surface area (Å²) in [7, 11) is 0. The van der Waals surface area contributed by atoms with Crippen molar-refractivity contribution < 1.29 is 14.3 Å². The van der Waals surface area contributed by atoms with Gasteiger partial charge < -0.3 is 4.74 Å². The fourth-order valence-electron chi connectivity index (χ4n) is 1.73. The van der Waals surface area contributed by atoms with Gasteiger partial charge in [0.2, 0.25) is 0 Å². The van der Waals surface area contributed by atoms with E-state index in [2.05, 4.69) is 0 Å². The van der Waals surface area contributed by atoms with Crippen LogP contribution in [-0.2, 0) is 14.3 Å². The first-order chi connectivity index (χ1) is 6.70. The highest BCUT2D eigenvalue weighted by Crippen LogP contribution is 2.29. The minimum absolute atomic E-state index is 0.102. The molecule has 14 heavy (non-hydrogen) atoms. The number of allylic oxidation sites excluding steroid dienone is 1. The van der Waals surface area contributed by atoms with Crippen molar-refractivity contribution in [3.63, 3.8) is 0 Å². The van der Waals surface area contributed by atoms with Gasteiger partial charge in [-0.1, -0.05) is 13.0 Å². The summed E-state index contributed by atoms with van der Waals surface area (Å²) in [6.07, 6.45) is 3.73. The van der Waals surface area contributed by atoms with Crippen molar-refractivity contribution in [2.75, 3.05) is 6.61 Å². The van der Waals surface area contributed by atoms with Crippen LogP contribution in [-0.4, -0.2) is 18.4 Å².